The molecule has 0 bridgehead atoms. The molecule has 8 atom stereocenters. The maximum Gasteiger partial charge on any atom is 0.209 e. The van der Waals surface area contributed by atoms with Gasteiger partial charge in [0.2, 0.25) is 10.0 Å². The van der Waals surface area contributed by atoms with Crippen LogP contribution in [0, 0.1) is 0 Å². The Morgan fingerprint density at radius 3 is 2.42 bits per heavy atom. The molecule has 212 valence electrons. The van der Waals surface area contributed by atoms with Crippen LogP contribution in [0.5, 0.6) is 0 Å². The Hall–Kier alpha value is -1.45. The van der Waals surface area contributed by atoms with Crippen molar-refractivity contribution in [2.24, 2.45) is 0 Å². The van der Waals surface area contributed by atoms with Crippen molar-refractivity contribution in [3.8, 4) is 0 Å². The van der Waals surface area contributed by atoms with E-state index in [9.17, 15) is 8.42 Å². The Bertz CT molecular complexity index is 1090. The van der Waals surface area contributed by atoms with Crippen molar-refractivity contribution in [2.45, 2.75) is 95.0 Å². The number of nitrogens with one attached hydrogen (secondary N) is 1. The number of sulfonamides is 1. The summed E-state index contributed by atoms with van der Waals surface area (Å²) < 4.78 is 75.2. The Balaban J connectivity index is 1.29. The van der Waals surface area contributed by atoms with Crippen molar-refractivity contribution < 1.29 is 46.3 Å². The summed E-state index contributed by atoms with van der Waals surface area (Å²) in [6, 6.07) is 9.08. The minimum Gasteiger partial charge on any atom is -0.374 e. The van der Waals surface area contributed by atoms with Gasteiger partial charge in [0.25, 0.3) is 0 Å². The van der Waals surface area contributed by atoms with Gasteiger partial charge < -0.3 is 37.9 Å². The molecule has 3 fully saturated rings. The highest BCUT2D eigenvalue weighted by Gasteiger charge is 2.59. The summed E-state index contributed by atoms with van der Waals surface area (Å²) >= 11 is 0. The van der Waals surface area contributed by atoms with Crippen LogP contribution in [0.4, 0.5) is 0 Å². The Morgan fingerprint density at radius 2 is 1.74 bits per heavy atom. The highest BCUT2D eigenvalue weighted by atomic mass is 32.2. The second kappa shape index (κ2) is 10.8. The van der Waals surface area contributed by atoms with Gasteiger partial charge in [-0.15, -0.1) is 0 Å². The van der Waals surface area contributed by atoms with E-state index in [4.69, 9.17) is 37.9 Å². The topological polar surface area (TPSA) is 120 Å². The maximum atomic E-state index is 12.0. The van der Waals surface area contributed by atoms with Crippen LogP contribution in [-0.2, 0) is 54.5 Å². The zero-order valence-corrected chi connectivity index (χ0v) is 23.1. The first-order valence-electron chi connectivity index (χ1n) is 12.8. The molecule has 1 aromatic carbocycles. The lowest BCUT2D eigenvalue weighted by molar-refractivity contribution is -0.256. The SMILES string of the molecule is CC1(C)O[C@H]2O[C@H]([C@H]3COC(C)(C)O3)[C@H](O[C@@H]3C=C[C@@H](NS(C)(=O)=O)[C@@H](COCc4ccccc4)O3)[C@H]2O1. The van der Waals surface area contributed by atoms with E-state index in [0.717, 1.165) is 11.8 Å². The minimum atomic E-state index is -3.49. The van der Waals surface area contributed by atoms with Crippen molar-refractivity contribution >= 4 is 10.0 Å². The van der Waals surface area contributed by atoms with Crippen LogP contribution in [0.25, 0.3) is 0 Å². The lowest BCUT2D eigenvalue weighted by atomic mass is 10.1. The smallest absolute Gasteiger partial charge is 0.209 e. The van der Waals surface area contributed by atoms with Gasteiger partial charge in [-0.25, -0.2) is 13.1 Å². The molecular weight excluding hydrogens is 518 g/mol. The van der Waals surface area contributed by atoms with E-state index in [-0.39, 0.29) is 6.61 Å². The van der Waals surface area contributed by atoms with Gasteiger partial charge in [0, 0.05) is 0 Å². The molecule has 4 heterocycles. The molecular formula is C26H37NO10S. The summed E-state index contributed by atoms with van der Waals surface area (Å²) in [5.41, 5.74) is 0.999. The Morgan fingerprint density at radius 1 is 0.974 bits per heavy atom. The van der Waals surface area contributed by atoms with Gasteiger partial charge in [-0.2, -0.15) is 0 Å². The normalized spacial score (nSPS) is 37.9. The van der Waals surface area contributed by atoms with Crippen molar-refractivity contribution in [2.75, 3.05) is 19.5 Å². The molecule has 4 aliphatic rings. The van der Waals surface area contributed by atoms with E-state index >= 15 is 0 Å². The van der Waals surface area contributed by atoms with Crippen LogP contribution in [0.15, 0.2) is 42.5 Å². The first kappa shape index (κ1) is 28.1. The minimum absolute atomic E-state index is 0.142. The molecule has 0 amide bonds. The van der Waals surface area contributed by atoms with Crippen LogP contribution in [-0.4, -0.2) is 88.6 Å². The van der Waals surface area contributed by atoms with E-state index in [1.807, 2.05) is 58.0 Å². The zero-order chi connectivity index (χ0) is 27.1. The number of ether oxygens (including phenoxy) is 8. The molecule has 4 aliphatic heterocycles. The summed E-state index contributed by atoms with van der Waals surface area (Å²) in [5, 5.41) is 0. The van der Waals surface area contributed by atoms with Crippen molar-refractivity contribution in [3.05, 3.63) is 48.0 Å². The molecule has 0 aromatic heterocycles. The summed E-state index contributed by atoms with van der Waals surface area (Å²) in [6.45, 7) is 8.16. The van der Waals surface area contributed by atoms with Gasteiger partial charge in [0.15, 0.2) is 24.2 Å². The standard InChI is InChI=1S/C26H37NO10S/c1-25(2)31-15-19(35-25)21-22(23-24(34-21)37-26(3,4)36-23)33-20-12-11-17(27-38(5,28)29)18(32-20)14-30-13-16-9-7-6-8-10-16/h6-12,17-24,27H,13-15H2,1-5H3/t17-,18-,19-,20-,21-,22+,23-,24-/m1/s1. The Labute approximate surface area is 223 Å². The molecule has 0 radical (unpaired) electrons. The third-order valence-corrected chi connectivity index (χ3v) is 7.34. The lowest BCUT2D eigenvalue weighted by Crippen LogP contribution is -2.51. The van der Waals surface area contributed by atoms with Crippen molar-refractivity contribution in [3.63, 3.8) is 0 Å². The average molecular weight is 556 g/mol. The number of rotatable bonds is 9. The van der Waals surface area contributed by atoms with Crippen LogP contribution in [0.1, 0.15) is 33.3 Å². The molecule has 1 aromatic rings. The quantitative estimate of drug-likeness (QED) is 0.452. The third-order valence-electron chi connectivity index (χ3n) is 6.64. The predicted molar refractivity (Wildman–Crippen MR) is 134 cm³/mol. The van der Waals surface area contributed by atoms with Crippen molar-refractivity contribution in [1.82, 2.24) is 4.72 Å². The third kappa shape index (κ3) is 6.81. The van der Waals surface area contributed by atoms with Gasteiger partial charge in [-0.3, -0.25) is 0 Å². The summed E-state index contributed by atoms with van der Waals surface area (Å²) in [6.07, 6.45) is 0.397. The summed E-state index contributed by atoms with van der Waals surface area (Å²) in [4.78, 5) is 0. The summed E-state index contributed by atoms with van der Waals surface area (Å²) in [7, 11) is -3.49. The zero-order valence-electron chi connectivity index (χ0n) is 22.3. The number of fused-ring (bicyclic) bond motifs is 1. The second-order valence-electron chi connectivity index (χ2n) is 10.9. The van der Waals surface area contributed by atoms with E-state index in [2.05, 4.69) is 4.72 Å². The molecule has 11 nitrogen and oxygen atoms in total. The lowest BCUT2D eigenvalue weighted by Gasteiger charge is -2.35. The van der Waals surface area contributed by atoms with E-state index in [0.29, 0.717) is 13.2 Å². The molecule has 0 unspecified atom stereocenters. The van der Waals surface area contributed by atoms with Crippen LogP contribution >= 0.6 is 0 Å². The number of benzene rings is 1. The molecule has 0 aliphatic carbocycles. The Kier molecular flexibility index (Phi) is 8.02. The molecule has 0 spiro atoms. The van der Waals surface area contributed by atoms with E-state index < -0.39 is 70.7 Å². The predicted octanol–water partition coefficient (Wildman–Crippen LogP) is 1.82. The molecule has 3 saturated heterocycles. The van der Waals surface area contributed by atoms with Gasteiger partial charge >= 0.3 is 0 Å². The molecule has 38 heavy (non-hydrogen) atoms. The van der Waals surface area contributed by atoms with Crippen LogP contribution in [0.2, 0.25) is 0 Å². The van der Waals surface area contributed by atoms with Crippen LogP contribution in [0.3, 0.4) is 0 Å². The molecule has 12 heteroatoms. The van der Waals surface area contributed by atoms with Gasteiger partial charge in [-0.1, -0.05) is 36.4 Å². The fourth-order valence-electron chi connectivity index (χ4n) is 5.08. The highest BCUT2D eigenvalue weighted by molar-refractivity contribution is 7.88. The molecule has 5 rings (SSSR count). The fraction of sp³-hybridized carbons (Fsp3) is 0.692. The second-order valence-corrected chi connectivity index (χ2v) is 12.7. The number of hydrogen-bond acceptors (Lipinski definition) is 10. The largest absolute Gasteiger partial charge is 0.374 e. The van der Waals surface area contributed by atoms with Gasteiger partial charge in [0.05, 0.1) is 32.1 Å². The monoisotopic (exact) mass is 555 g/mol. The van der Waals surface area contributed by atoms with Gasteiger partial charge in [0.1, 0.15) is 30.5 Å². The number of hydrogen-bond donors (Lipinski definition) is 1. The van der Waals surface area contributed by atoms with E-state index in [1.54, 1.807) is 12.2 Å². The van der Waals surface area contributed by atoms with Crippen molar-refractivity contribution in [1.29, 1.82) is 0 Å². The first-order valence-corrected chi connectivity index (χ1v) is 14.7. The highest BCUT2D eigenvalue weighted by Crippen LogP contribution is 2.42. The maximum absolute atomic E-state index is 12.0. The molecule has 0 saturated carbocycles. The summed E-state index contributed by atoms with van der Waals surface area (Å²) in [5.74, 6) is -1.58. The van der Waals surface area contributed by atoms with E-state index in [1.165, 1.54) is 0 Å². The first-order chi connectivity index (χ1) is 17.9. The molecule has 1 N–H and O–H groups in total. The fourth-order valence-corrected chi connectivity index (χ4v) is 5.80. The van der Waals surface area contributed by atoms with Crippen LogP contribution < -0.4 is 4.72 Å². The average Bonchev–Trinajstić information content (AvgIpc) is 3.44. The van der Waals surface area contributed by atoms with Gasteiger partial charge in [-0.05, 0) is 39.3 Å².